The van der Waals surface area contributed by atoms with Gasteiger partial charge in [-0.05, 0) is 18.6 Å². The van der Waals surface area contributed by atoms with Gasteiger partial charge in [-0.15, -0.1) is 0 Å². The van der Waals surface area contributed by atoms with E-state index in [-0.39, 0.29) is 5.69 Å². The second-order valence-corrected chi connectivity index (χ2v) is 7.81. The number of nitro benzene ring substituents is 1. The number of nitro groups is 1. The molecule has 0 spiro atoms. The quantitative estimate of drug-likeness (QED) is 0.128. The van der Waals surface area contributed by atoms with E-state index in [0.29, 0.717) is 19.0 Å². The van der Waals surface area contributed by atoms with Crippen molar-refractivity contribution in [2.75, 3.05) is 19.8 Å². The van der Waals surface area contributed by atoms with Crippen LogP contribution in [-0.4, -0.2) is 24.7 Å². The number of hydrogen-bond acceptors (Lipinski definition) is 4. The van der Waals surface area contributed by atoms with Gasteiger partial charge in [-0.25, -0.2) is 0 Å². The lowest BCUT2D eigenvalue weighted by atomic mass is 10.0. The van der Waals surface area contributed by atoms with Crippen molar-refractivity contribution in [2.24, 2.45) is 0 Å². The van der Waals surface area contributed by atoms with E-state index in [1.165, 1.54) is 95.6 Å². The third-order valence-corrected chi connectivity index (χ3v) is 5.19. The third kappa shape index (κ3) is 15.0. The van der Waals surface area contributed by atoms with Gasteiger partial charge < -0.3 is 9.47 Å². The average molecular weight is 408 g/mol. The highest BCUT2D eigenvalue weighted by atomic mass is 16.6. The number of unbranched alkanes of at least 4 members (excludes halogenated alkanes) is 13. The number of hydrogen-bond donors (Lipinski definition) is 0. The number of nitrogens with zero attached hydrogens (tertiary/aromatic N) is 1. The van der Waals surface area contributed by atoms with Gasteiger partial charge in [0.25, 0.3) is 5.69 Å². The molecule has 1 rings (SSSR count). The molecular formula is C24H41NO4. The molecule has 0 radical (unpaired) electrons. The van der Waals surface area contributed by atoms with Crippen molar-refractivity contribution in [3.63, 3.8) is 0 Å². The number of non-ortho nitro benzene ring substituents is 1. The lowest BCUT2D eigenvalue weighted by Gasteiger charge is -2.07. The van der Waals surface area contributed by atoms with Gasteiger partial charge in [-0.3, -0.25) is 10.1 Å². The Kier molecular flexibility index (Phi) is 16.1. The fourth-order valence-corrected chi connectivity index (χ4v) is 3.38. The largest absolute Gasteiger partial charge is 0.491 e. The molecule has 1 aromatic rings. The Hall–Kier alpha value is -1.62. The molecule has 0 aliphatic carbocycles. The summed E-state index contributed by atoms with van der Waals surface area (Å²) in [6.45, 7) is 4.07. The summed E-state index contributed by atoms with van der Waals surface area (Å²) >= 11 is 0. The van der Waals surface area contributed by atoms with E-state index in [1.54, 1.807) is 12.1 Å². The normalized spacial score (nSPS) is 10.9. The first-order valence-corrected chi connectivity index (χ1v) is 11.7. The van der Waals surface area contributed by atoms with Crippen molar-refractivity contribution >= 4 is 5.69 Å². The van der Waals surface area contributed by atoms with Gasteiger partial charge in [-0.1, -0.05) is 90.4 Å². The van der Waals surface area contributed by atoms with E-state index >= 15 is 0 Å². The molecule has 0 saturated heterocycles. The second kappa shape index (κ2) is 18.4. The van der Waals surface area contributed by atoms with Gasteiger partial charge in [0, 0.05) is 18.7 Å². The molecule has 29 heavy (non-hydrogen) atoms. The Morgan fingerprint density at radius 2 is 1.17 bits per heavy atom. The second-order valence-electron chi connectivity index (χ2n) is 7.81. The number of benzene rings is 1. The molecule has 0 saturated carbocycles. The maximum Gasteiger partial charge on any atom is 0.269 e. The fourth-order valence-electron chi connectivity index (χ4n) is 3.38. The summed E-state index contributed by atoms with van der Waals surface area (Å²) in [4.78, 5) is 10.2. The lowest BCUT2D eigenvalue weighted by Crippen LogP contribution is -2.07. The molecule has 0 N–H and O–H groups in total. The van der Waals surface area contributed by atoms with Crippen LogP contribution in [0.5, 0.6) is 5.75 Å². The molecule has 0 aliphatic rings. The number of ether oxygens (including phenoxy) is 2. The van der Waals surface area contributed by atoms with Crippen LogP contribution in [-0.2, 0) is 4.74 Å². The third-order valence-electron chi connectivity index (χ3n) is 5.19. The smallest absolute Gasteiger partial charge is 0.269 e. The van der Waals surface area contributed by atoms with Crippen molar-refractivity contribution in [2.45, 2.75) is 96.8 Å². The topological polar surface area (TPSA) is 61.6 Å². The van der Waals surface area contributed by atoms with E-state index < -0.39 is 4.92 Å². The molecule has 5 heteroatoms. The van der Waals surface area contributed by atoms with Gasteiger partial charge in [0.15, 0.2) is 0 Å². The fraction of sp³-hybridized carbons (Fsp3) is 0.750. The number of rotatable bonds is 20. The van der Waals surface area contributed by atoms with Crippen LogP contribution < -0.4 is 4.74 Å². The Morgan fingerprint density at radius 3 is 1.66 bits per heavy atom. The summed E-state index contributed by atoms with van der Waals surface area (Å²) in [5.74, 6) is 0.635. The average Bonchev–Trinajstić information content (AvgIpc) is 2.73. The molecule has 0 atom stereocenters. The Balaban J connectivity index is 1.77. The van der Waals surface area contributed by atoms with E-state index in [0.717, 1.165) is 13.0 Å². The monoisotopic (exact) mass is 407 g/mol. The van der Waals surface area contributed by atoms with Gasteiger partial charge >= 0.3 is 0 Å². The van der Waals surface area contributed by atoms with E-state index in [2.05, 4.69) is 6.92 Å². The van der Waals surface area contributed by atoms with Crippen molar-refractivity contribution in [1.29, 1.82) is 0 Å². The summed E-state index contributed by atoms with van der Waals surface area (Å²) in [6, 6.07) is 6.13. The molecule has 1 aromatic carbocycles. The highest BCUT2D eigenvalue weighted by Crippen LogP contribution is 2.17. The standard InChI is InChI=1S/C24H41NO4/c1-2-3-4-5-6-7-8-9-10-11-12-13-14-15-20-28-21-22-29-24-18-16-23(17-19-24)25(26)27/h16-19H,2-15,20-22H2,1H3. The minimum atomic E-state index is -0.413. The van der Waals surface area contributed by atoms with Crippen LogP contribution in [0.4, 0.5) is 5.69 Å². The molecule has 5 nitrogen and oxygen atoms in total. The first-order chi connectivity index (χ1) is 14.2. The summed E-state index contributed by atoms with van der Waals surface area (Å²) in [6.07, 6.45) is 19.0. The minimum Gasteiger partial charge on any atom is -0.491 e. The summed E-state index contributed by atoms with van der Waals surface area (Å²) in [7, 11) is 0. The van der Waals surface area contributed by atoms with E-state index in [1.807, 2.05) is 0 Å². The molecule has 0 bridgehead atoms. The Morgan fingerprint density at radius 1 is 0.690 bits per heavy atom. The zero-order valence-electron chi connectivity index (χ0n) is 18.4. The Labute approximate surface area is 177 Å². The predicted octanol–water partition coefficient (Wildman–Crippen LogP) is 7.47. The van der Waals surface area contributed by atoms with Crippen LogP contribution in [0.2, 0.25) is 0 Å². The zero-order valence-corrected chi connectivity index (χ0v) is 18.4. The van der Waals surface area contributed by atoms with Crippen LogP contribution in [0.15, 0.2) is 24.3 Å². The first kappa shape index (κ1) is 25.4. The van der Waals surface area contributed by atoms with Crippen LogP contribution in [0.1, 0.15) is 96.8 Å². The van der Waals surface area contributed by atoms with Gasteiger partial charge in [-0.2, -0.15) is 0 Å². The van der Waals surface area contributed by atoms with Gasteiger partial charge in [0.2, 0.25) is 0 Å². The molecule has 0 amide bonds. The van der Waals surface area contributed by atoms with Crippen molar-refractivity contribution in [3.8, 4) is 5.75 Å². The SMILES string of the molecule is CCCCCCCCCCCCCCCCOCCOc1ccc([N+](=O)[O-])cc1. The van der Waals surface area contributed by atoms with Crippen LogP contribution in [0.25, 0.3) is 0 Å². The van der Waals surface area contributed by atoms with Crippen LogP contribution >= 0.6 is 0 Å². The van der Waals surface area contributed by atoms with Crippen LogP contribution in [0, 0.1) is 10.1 Å². The van der Waals surface area contributed by atoms with Crippen molar-refractivity contribution in [1.82, 2.24) is 0 Å². The van der Waals surface area contributed by atoms with E-state index in [4.69, 9.17) is 9.47 Å². The molecule has 166 valence electrons. The summed E-state index contributed by atoms with van der Waals surface area (Å²) in [5, 5.41) is 10.6. The predicted molar refractivity (Wildman–Crippen MR) is 120 cm³/mol. The van der Waals surface area contributed by atoms with Gasteiger partial charge in [0.1, 0.15) is 12.4 Å². The summed E-state index contributed by atoms with van der Waals surface area (Å²) < 4.78 is 11.1. The van der Waals surface area contributed by atoms with E-state index in [9.17, 15) is 10.1 Å². The molecule has 0 aromatic heterocycles. The minimum absolute atomic E-state index is 0.0754. The maximum absolute atomic E-state index is 10.6. The zero-order chi connectivity index (χ0) is 21.0. The maximum atomic E-state index is 10.6. The molecule has 0 fully saturated rings. The Bertz CT molecular complexity index is 504. The molecule has 0 heterocycles. The molecule has 0 unspecified atom stereocenters. The molecule has 0 aliphatic heterocycles. The van der Waals surface area contributed by atoms with Crippen molar-refractivity contribution < 1.29 is 14.4 Å². The first-order valence-electron chi connectivity index (χ1n) is 11.7. The van der Waals surface area contributed by atoms with Crippen molar-refractivity contribution in [3.05, 3.63) is 34.4 Å². The highest BCUT2D eigenvalue weighted by Gasteiger charge is 2.04. The molecular weight excluding hydrogens is 366 g/mol. The summed E-state index contributed by atoms with van der Waals surface area (Å²) in [5.41, 5.74) is 0.0754. The van der Waals surface area contributed by atoms with Crippen LogP contribution in [0.3, 0.4) is 0 Å². The lowest BCUT2D eigenvalue weighted by molar-refractivity contribution is -0.384. The van der Waals surface area contributed by atoms with Gasteiger partial charge in [0.05, 0.1) is 11.5 Å². The highest BCUT2D eigenvalue weighted by molar-refractivity contribution is 5.35.